The Kier molecular flexibility index (Phi) is 6.26. The molecule has 0 aromatic rings. The summed E-state index contributed by atoms with van der Waals surface area (Å²) in [6.07, 6.45) is 17.5. The molecule has 8 atom stereocenters. The topological polar surface area (TPSA) is 32.3 Å². The van der Waals surface area contributed by atoms with Crippen molar-refractivity contribution in [2.24, 2.45) is 46.3 Å². The van der Waals surface area contributed by atoms with Crippen LogP contribution in [0.25, 0.3) is 0 Å². The Labute approximate surface area is 180 Å². The quantitative estimate of drug-likeness (QED) is 0.359. The normalized spacial score (nSPS) is 45.3. The standard InChI is InChI=1S/C27H47NO/c1-18(2)7-6-8-19(3)23-11-12-24-22-10-9-20-17-21(28-29)13-15-26(20,4)25(22)14-16-27(23,24)5/h9,18-19,21-25,28-29H,6-8,10-17H2,1-5H3/t19-,21?,22?,23-,24?,25?,26+,27-/m1/s1. The maximum atomic E-state index is 9.45. The maximum absolute atomic E-state index is 9.45. The molecule has 3 fully saturated rings. The summed E-state index contributed by atoms with van der Waals surface area (Å²) < 4.78 is 0. The Morgan fingerprint density at radius 1 is 1.03 bits per heavy atom. The molecule has 0 aromatic heterocycles. The molecular weight excluding hydrogens is 354 g/mol. The Balaban J connectivity index is 1.48. The zero-order valence-corrected chi connectivity index (χ0v) is 19.8. The van der Waals surface area contributed by atoms with Crippen LogP contribution in [-0.2, 0) is 0 Å². The van der Waals surface area contributed by atoms with E-state index in [9.17, 15) is 5.21 Å². The third-order valence-electron chi connectivity index (χ3n) is 10.5. The molecule has 0 aliphatic heterocycles. The van der Waals surface area contributed by atoms with Crippen LogP contribution in [0.2, 0.25) is 0 Å². The van der Waals surface area contributed by atoms with Crippen molar-refractivity contribution >= 4 is 0 Å². The van der Waals surface area contributed by atoms with Gasteiger partial charge in [0.25, 0.3) is 0 Å². The van der Waals surface area contributed by atoms with E-state index >= 15 is 0 Å². The van der Waals surface area contributed by atoms with E-state index in [0.29, 0.717) is 10.8 Å². The zero-order valence-electron chi connectivity index (χ0n) is 19.8. The van der Waals surface area contributed by atoms with Crippen molar-refractivity contribution < 1.29 is 5.21 Å². The van der Waals surface area contributed by atoms with E-state index in [1.807, 2.05) is 0 Å². The van der Waals surface area contributed by atoms with Gasteiger partial charge in [-0.1, -0.05) is 65.5 Å². The van der Waals surface area contributed by atoms with E-state index in [4.69, 9.17) is 0 Å². The first-order chi connectivity index (χ1) is 13.8. The van der Waals surface area contributed by atoms with Gasteiger partial charge in [0.1, 0.15) is 0 Å². The number of fused-ring (bicyclic) bond motifs is 5. The summed E-state index contributed by atoms with van der Waals surface area (Å²) >= 11 is 0. The van der Waals surface area contributed by atoms with Gasteiger partial charge < -0.3 is 5.21 Å². The Hall–Kier alpha value is -0.340. The van der Waals surface area contributed by atoms with Gasteiger partial charge in [0, 0.05) is 6.04 Å². The molecule has 29 heavy (non-hydrogen) atoms. The molecule has 0 heterocycles. The molecule has 2 heteroatoms. The highest BCUT2D eigenvalue weighted by atomic mass is 16.5. The summed E-state index contributed by atoms with van der Waals surface area (Å²) in [6.45, 7) is 12.6. The van der Waals surface area contributed by atoms with E-state index in [1.165, 1.54) is 57.8 Å². The summed E-state index contributed by atoms with van der Waals surface area (Å²) in [4.78, 5) is 0. The molecule has 0 radical (unpaired) electrons. The number of hydrogen-bond acceptors (Lipinski definition) is 2. The highest BCUT2D eigenvalue weighted by Crippen LogP contribution is 2.67. The summed E-state index contributed by atoms with van der Waals surface area (Å²) in [5.74, 6) is 5.45. The molecule has 0 aromatic carbocycles. The van der Waals surface area contributed by atoms with Crippen molar-refractivity contribution in [3.63, 3.8) is 0 Å². The maximum Gasteiger partial charge on any atom is 0.0357 e. The second kappa shape index (κ2) is 8.30. The summed E-state index contributed by atoms with van der Waals surface area (Å²) in [5, 5.41) is 9.45. The molecule has 2 nitrogen and oxygen atoms in total. The highest BCUT2D eigenvalue weighted by molar-refractivity contribution is 5.25. The molecule has 4 rings (SSSR count). The molecule has 4 unspecified atom stereocenters. The predicted molar refractivity (Wildman–Crippen MR) is 122 cm³/mol. The number of nitrogens with one attached hydrogen (secondary N) is 1. The lowest BCUT2D eigenvalue weighted by atomic mass is 9.47. The van der Waals surface area contributed by atoms with Gasteiger partial charge in [-0.2, -0.15) is 0 Å². The molecular formula is C27H47NO. The van der Waals surface area contributed by atoms with Crippen molar-refractivity contribution in [1.82, 2.24) is 5.48 Å². The smallest absolute Gasteiger partial charge is 0.0357 e. The van der Waals surface area contributed by atoms with Gasteiger partial charge in [0.05, 0.1) is 0 Å². The van der Waals surface area contributed by atoms with E-state index in [-0.39, 0.29) is 6.04 Å². The molecule has 4 aliphatic carbocycles. The number of rotatable bonds is 6. The number of hydrogen-bond donors (Lipinski definition) is 2. The van der Waals surface area contributed by atoms with Gasteiger partial charge >= 0.3 is 0 Å². The van der Waals surface area contributed by atoms with Crippen LogP contribution in [0.4, 0.5) is 0 Å². The number of hydroxylamine groups is 1. The second-order valence-corrected chi connectivity index (χ2v) is 12.4. The first-order valence-corrected chi connectivity index (χ1v) is 12.9. The van der Waals surface area contributed by atoms with Crippen molar-refractivity contribution in [1.29, 1.82) is 0 Å². The van der Waals surface area contributed by atoms with Crippen LogP contribution >= 0.6 is 0 Å². The SMILES string of the molecule is CC(C)CCC[C@@H](C)[C@H]1CCC2C3CC=C4CC(NO)CC[C@]4(C)C3CC[C@@]21C. The lowest BCUT2D eigenvalue weighted by Crippen LogP contribution is -2.51. The minimum absolute atomic E-state index is 0.280. The van der Waals surface area contributed by atoms with Crippen molar-refractivity contribution in [3.05, 3.63) is 11.6 Å². The first-order valence-electron chi connectivity index (χ1n) is 12.9. The fraction of sp³-hybridized carbons (Fsp3) is 0.926. The highest BCUT2D eigenvalue weighted by Gasteiger charge is 2.59. The molecule has 0 saturated heterocycles. The molecule has 2 N–H and O–H groups in total. The molecule has 0 amide bonds. The third-order valence-corrected chi connectivity index (χ3v) is 10.5. The number of allylic oxidation sites excluding steroid dienone is 1. The zero-order chi connectivity index (χ0) is 20.8. The minimum atomic E-state index is 0.280. The van der Waals surface area contributed by atoms with Crippen molar-refractivity contribution in [2.75, 3.05) is 0 Å². The lowest BCUT2D eigenvalue weighted by molar-refractivity contribution is -0.0542. The summed E-state index contributed by atoms with van der Waals surface area (Å²) in [5.41, 5.74) is 5.22. The second-order valence-electron chi connectivity index (χ2n) is 12.4. The van der Waals surface area contributed by atoms with Crippen molar-refractivity contribution in [2.45, 2.75) is 111 Å². The molecule has 0 spiro atoms. The van der Waals surface area contributed by atoms with E-state index < -0.39 is 0 Å². The average molecular weight is 402 g/mol. The largest absolute Gasteiger partial charge is 0.317 e. The van der Waals surface area contributed by atoms with Gasteiger partial charge in [-0.05, 0) is 97.7 Å². The van der Waals surface area contributed by atoms with E-state index in [0.717, 1.165) is 48.3 Å². The van der Waals surface area contributed by atoms with Crippen LogP contribution in [0.15, 0.2) is 11.6 Å². The van der Waals surface area contributed by atoms with Crippen LogP contribution in [0.1, 0.15) is 105 Å². The van der Waals surface area contributed by atoms with Crippen LogP contribution < -0.4 is 5.48 Å². The van der Waals surface area contributed by atoms with Gasteiger partial charge in [-0.25, -0.2) is 5.48 Å². The van der Waals surface area contributed by atoms with Crippen LogP contribution in [-0.4, -0.2) is 11.2 Å². The predicted octanol–water partition coefficient (Wildman–Crippen LogP) is 7.38. The molecule has 166 valence electrons. The van der Waals surface area contributed by atoms with E-state index in [2.05, 4.69) is 46.2 Å². The minimum Gasteiger partial charge on any atom is -0.317 e. The fourth-order valence-corrected chi connectivity index (χ4v) is 8.80. The summed E-state index contributed by atoms with van der Waals surface area (Å²) in [6, 6.07) is 0.280. The van der Waals surface area contributed by atoms with E-state index in [1.54, 1.807) is 5.57 Å². The first kappa shape index (κ1) is 21.9. The Morgan fingerprint density at radius 3 is 2.55 bits per heavy atom. The van der Waals surface area contributed by atoms with Crippen LogP contribution in [0.3, 0.4) is 0 Å². The van der Waals surface area contributed by atoms with Gasteiger partial charge in [0.2, 0.25) is 0 Å². The average Bonchev–Trinajstić information content (AvgIpc) is 3.04. The molecule has 0 bridgehead atoms. The lowest BCUT2D eigenvalue weighted by Gasteiger charge is -2.58. The van der Waals surface area contributed by atoms with Crippen LogP contribution in [0, 0.1) is 46.3 Å². The molecule has 3 saturated carbocycles. The Bertz CT molecular complexity index is 612. The van der Waals surface area contributed by atoms with Gasteiger partial charge in [-0.3, -0.25) is 0 Å². The van der Waals surface area contributed by atoms with Crippen molar-refractivity contribution in [3.8, 4) is 0 Å². The van der Waals surface area contributed by atoms with Gasteiger partial charge in [-0.15, -0.1) is 0 Å². The summed E-state index contributed by atoms with van der Waals surface area (Å²) in [7, 11) is 0. The Morgan fingerprint density at radius 2 is 1.83 bits per heavy atom. The third kappa shape index (κ3) is 3.75. The molecule has 4 aliphatic rings. The van der Waals surface area contributed by atoms with Crippen LogP contribution in [0.5, 0.6) is 0 Å². The van der Waals surface area contributed by atoms with Gasteiger partial charge in [0.15, 0.2) is 0 Å². The monoisotopic (exact) mass is 401 g/mol. The fourth-order valence-electron chi connectivity index (χ4n) is 8.80.